The van der Waals surface area contributed by atoms with Crippen molar-refractivity contribution in [2.45, 2.75) is 18.9 Å². The van der Waals surface area contributed by atoms with Crippen molar-refractivity contribution in [1.82, 2.24) is 14.7 Å². The van der Waals surface area contributed by atoms with E-state index in [1.54, 1.807) is 6.20 Å². The molecule has 3 rings (SSSR count). The van der Waals surface area contributed by atoms with Crippen LogP contribution in [0.5, 0.6) is 0 Å². The van der Waals surface area contributed by atoms with Crippen LogP contribution in [-0.4, -0.2) is 27.9 Å². The maximum absolute atomic E-state index is 11.1. The van der Waals surface area contributed by atoms with Crippen LogP contribution in [0.15, 0.2) is 30.6 Å². The lowest BCUT2D eigenvalue weighted by Gasteiger charge is -2.24. The van der Waals surface area contributed by atoms with E-state index in [1.165, 1.54) is 0 Å². The Kier molecular flexibility index (Phi) is 2.44. The molecule has 5 nitrogen and oxygen atoms in total. The molecule has 1 aliphatic rings. The molecule has 1 atom stereocenters. The first-order valence-corrected chi connectivity index (χ1v) is 5.78. The van der Waals surface area contributed by atoms with Gasteiger partial charge >= 0.3 is 0 Å². The minimum atomic E-state index is 0.142. The van der Waals surface area contributed by atoms with Crippen molar-refractivity contribution in [3.63, 3.8) is 0 Å². The number of amides is 1. The average molecular weight is 230 g/mol. The number of rotatable bonds is 2. The van der Waals surface area contributed by atoms with Gasteiger partial charge in [-0.1, -0.05) is 6.07 Å². The SMILES string of the molecule is O=C1CCC(Nc2cccc3nccn23)CN1. The van der Waals surface area contributed by atoms with E-state index in [4.69, 9.17) is 0 Å². The highest BCUT2D eigenvalue weighted by Gasteiger charge is 2.18. The summed E-state index contributed by atoms with van der Waals surface area (Å²) in [7, 11) is 0. The highest BCUT2D eigenvalue weighted by Crippen LogP contribution is 2.14. The molecule has 88 valence electrons. The van der Waals surface area contributed by atoms with Gasteiger partial charge in [-0.15, -0.1) is 0 Å². The molecule has 1 aliphatic heterocycles. The van der Waals surface area contributed by atoms with E-state index in [0.717, 1.165) is 17.9 Å². The Balaban J connectivity index is 1.80. The van der Waals surface area contributed by atoms with Crippen LogP contribution in [-0.2, 0) is 4.79 Å². The smallest absolute Gasteiger partial charge is 0.220 e. The number of pyridine rings is 1. The Labute approximate surface area is 98.8 Å². The second-order valence-corrected chi connectivity index (χ2v) is 4.25. The van der Waals surface area contributed by atoms with Crippen molar-refractivity contribution in [2.24, 2.45) is 0 Å². The number of aromatic nitrogens is 2. The van der Waals surface area contributed by atoms with E-state index >= 15 is 0 Å². The van der Waals surface area contributed by atoms with Crippen molar-refractivity contribution in [1.29, 1.82) is 0 Å². The summed E-state index contributed by atoms with van der Waals surface area (Å²) in [6.07, 6.45) is 5.18. The molecule has 3 heterocycles. The molecule has 0 bridgehead atoms. The highest BCUT2D eigenvalue weighted by molar-refractivity contribution is 5.77. The second kappa shape index (κ2) is 4.08. The van der Waals surface area contributed by atoms with E-state index in [0.29, 0.717) is 19.0 Å². The van der Waals surface area contributed by atoms with Crippen LogP contribution >= 0.6 is 0 Å². The van der Waals surface area contributed by atoms with Crippen molar-refractivity contribution in [3.8, 4) is 0 Å². The van der Waals surface area contributed by atoms with Crippen LogP contribution in [0.4, 0.5) is 5.82 Å². The minimum Gasteiger partial charge on any atom is -0.367 e. The van der Waals surface area contributed by atoms with Gasteiger partial charge in [0.1, 0.15) is 11.5 Å². The van der Waals surface area contributed by atoms with Crippen molar-refractivity contribution in [2.75, 3.05) is 11.9 Å². The third-order valence-electron chi connectivity index (χ3n) is 3.05. The molecule has 2 aromatic rings. The second-order valence-electron chi connectivity index (χ2n) is 4.25. The summed E-state index contributed by atoms with van der Waals surface area (Å²) in [6.45, 7) is 0.684. The first kappa shape index (κ1) is 10.1. The monoisotopic (exact) mass is 230 g/mol. The number of carbonyl (C=O) groups excluding carboxylic acids is 1. The zero-order chi connectivity index (χ0) is 11.7. The molecular formula is C12H14N4O. The topological polar surface area (TPSA) is 58.4 Å². The van der Waals surface area contributed by atoms with Gasteiger partial charge in [-0.2, -0.15) is 0 Å². The van der Waals surface area contributed by atoms with Crippen molar-refractivity contribution < 1.29 is 4.79 Å². The Morgan fingerprint density at radius 2 is 2.41 bits per heavy atom. The fourth-order valence-corrected chi connectivity index (χ4v) is 2.13. The number of nitrogens with one attached hydrogen (secondary N) is 2. The molecule has 0 saturated carbocycles. The van der Waals surface area contributed by atoms with Crippen LogP contribution < -0.4 is 10.6 Å². The summed E-state index contributed by atoms with van der Waals surface area (Å²) >= 11 is 0. The van der Waals surface area contributed by atoms with Gasteiger partial charge in [0.05, 0.1) is 0 Å². The normalized spacial score (nSPS) is 20.2. The van der Waals surface area contributed by atoms with Crippen molar-refractivity contribution >= 4 is 17.4 Å². The van der Waals surface area contributed by atoms with Gasteiger partial charge in [0.2, 0.25) is 5.91 Å². The van der Waals surface area contributed by atoms with Crippen LogP contribution in [0, 0.1) is 0 Å². The van der Waals surface area contributed by atoms with Crippen LogP contribution in [0.25, 0.3) is 5.65 Å². The Hall–Kier alpha value is -2.04. The summed E-state index contributed by atoms with van der Waals surface area (Å²) in [4.78, 5) is 15.3. The predicted molar refractivity (Wildman–Crippen MR) is 64.8 cm³/mol. The first-order chi connectivity index (χ1) is 8.33. The number of imidazole rings is 1. The van der Waals surface area contributed by atoms with Gasteiger partial charge in [0, 0.05) is 31.4 Å². The molecule has 0 aliphatic carbocycles. The largest absolute Gasteiger partial charge is 0.367 e. The Bertz CT molecular complexity index is 538. The van der Waals surface area contributed by atoms with Gasteiger partial charge in [0.25, 0.3) is 0 Å². The lowest BCUT2D eigenvalue weighted by atomic mass is 10.1. The number of anilines is 1. The maximum Gasteiger partial charge on any atom is 0.220 e. The third kappa shape index (κ3) is 1.95. The van der Waals surface area contributed by atoms with E-state index in [9.17, 15) is 4.79 Å². The van der Waals surface area contributed by atoms with Gasteiger partial charge in [0.15, 0.2) is 0 Å². The van der Waals surface area contributed by atoms with Gasteiger partial charge < -0.3 is 10.6 Å². The lowest BCUT2D eigenvalue weighted by molar-refractivity contribution is -0.122. The van der Waals surface area contributed by atoms with Gasteiger partial charge in [-0.25, -0.2) is 4.98 Å². The molecule has 0 spiro atoms. The van der Waals surface area contributed by atoms with Gasteiger partial charge in [-0.3, -0.25) is 9.20 Å². The molecule has 2 N–H and O–H groups in total. The molecule has 0 aromatic carbocycles. The summed E-state index contributed by atoms with van der Waals surface area (Å²) in [5.41, 5.74) is 0.926. The zero-order valence-corrected chi connectivity index (χ0v) is 9.39. The molecule has 1 unspecified atom stereocenters. The number of nitrogens with zero attached hydrogens (tertiary/aromatic N) is 2. The fourth-order valence-electron chi connectivity index (χ4n) is 2.13. The number of fused-ring (bicyclic) bond motifs is 1. The lowest BCUT2D eigenvalue weighted by Crippen LogP contribution is -2.42. The Morgan fingerprint density at radius 3 is 3.24 bits per heavy atom. The highest BCUT2D eigenvalue weighted by atomic mass is 16.1. The average Bonchev–Trinajstić information content (AvgIpc) is 2.81. The minimum absolute atomic E-state index is 0.142. The molecule has 1 amide bonds. The zero-order valence-electron chi connectivity index (χ0n) is 9.39. The predicted octanol–water partition coefficient (Wildman–Crippen LogP) is 1.02. The maximum atomic E-state index is 11.1. The molecule has 2 aromatic heterocycles. The number of hydrogen-bond donors (Lipinski definition) is 2. The van der Waals surface area contributed by atoms with E-state index < -0.39 is 0 Å². The molecule has 0 radical (unpaired) electrons. The summed E-state index contributed by atoms with van der Waals surface area (Å²) in [6, 6.07) is 6.26. The van der Waals surface area contributed by atoms with Crippen LogP contribution in [0.1, 0.15) is 12.8 Å². The number of piperidine rings is 1. The quantitative estimate of drug-likeness (QED) is 0.810. The van der Waals surface area contributed by atoms with Crippen LogP contribution in [0.3, 0.4) is 0 Å². The molecule has 1 saturated heterocycles. The van der Waals surface area contributed by atoms with E-state index in [1.807, 2.05) is 28.8 Å². The molecule has 17 heavy (non-hydrogen) atoms. The molecule has 1 fully saturated rings. The molecule has 5 heteroatoms. The number of hydrogen-bond acceptors (Lipinski definition) is 3. The third-order valence-corrected chi connectivity index (χ3v) is 3.05. The van der Waals surface area contributed by atoms with E-state index in [-0.39, 0.29) is 5.91 Å². The van der Waals surface area contributed by atoms with Crippen LogP contribution in [0.2, 0.25) is 0 Å². The molecular weight excluding hydrogens is 216 g/mol. The standard InChI is InChI=1S/C12H14N4O/c17-12-5-4-9(8-14-12)15-11-3-1-2-10-13-6-7-16(10)11/h1-3,6-7,9,15H,4-5,8H2,(H,14,17). The fraction of sp³-hybridized carbons (Fsp3) is 0.333. The number of carbonyl (C=O) groups is 1. The van der Waals surface area contributed by atoms with E-state index in [2.05, 4.69) is 15.6 Å². The summed E-state index contributed by atoms with van der Waals surface area (Å²) < 4.78 is 2.01. The van der Waals surface area contributed by atoms with Gasteiger partial charge in [-0.05, 0) is 18.6 Å². The summed E-state index contributed by atoms with van der Waals surface area (Å²) in [5, 5.41) is 6.31. The summed E-state index contributed by atoms with van der Waals surface area (Å²) in [5.74, 6) is 1.16. The van der Waals surface area contributed by atoms with Crippen molar-refractivity contribution in [3.05, 3.63) is 30.6 Å². The first-order valence-electron chi connectivity index (χ1n) is 5.78. The Morgan fingerprint density at radius 1 is 1.47 bits per heavy atom.